The molecule has 1 aliphatic heterocycles. The van der Waals surface area contributed by atoms with Crippen molar-refractivity contribution in [1.29, 1.82) is 0 Å². The first kappa shape index (κ1) is 21.9. The number of hydrogen-bond acceptors (Lipinski definition) is 4. The van der Waals surface area contributed by atoms with Crippen molar-refractivity contribution in [2.75, 3.05) is 31.3 Å². The quantitative estimate of drug-likeness (QED) is 0.499. The van der Waals surface area contributed by atoms with Gasteiger partial charge in [0.2, 0.25) is 0 Å². The number of rotatable bonds is 8. The Morgan fingerprint density at radius 1 is 1.10 bits per heavy atom. The molecule has 1 N–H and O–H groups in total. The van der Waals surface area contributed by atoms with Crippen molar-refractivity contribution < 1.29 is 36.9 Å². The molecule has 0 spiro atoms. The number of ether oxygens (including phenoxy) is 2. The number of hydrogen-bond donors (Lipinski definition) is 1. The van der Waals surface area contributed by atoms with E-state index in [0.29, 0.717) is 18.7 Å². The van der Waals surface area contributed by atoms with Gasteiger partial charge < -0.3 is 19.5 Å². The maximum absolute atomic E-state index is 12.7. The van der Waals surface area contributed by atoms with Gasteiger partial charge in [0.05, 0.1) is 36.9 Å². The van der Waals surface area contributed by atoms with E-state index in [1.54, 1.807) is 12.1 Å². The van der Waals surface area contributed by atoms with Crippen molar-refractivity contribution in [2.45, 2.75) is 24.7 Å². The number of carboxylic acid groups (broad SMARTS) is 1. The first-order valence-electron chi connectivity index (χ1n) is 9.35. The van der Waals surface area contributed by atoms with Crippen molar-refractivity contribution in [3.63, 3.8) is 0 Å². The average Bonchev–Trinajstić information content (AvgIpc) is 3.10. The number of benzene rings is 2. The predicted octanol–water partition coefficient (Wildman–Crippen LogP) is 4.42. The lowest BCUT2D eigenvalue weighted by Crippen LogP contribution is -2.33. The van der Waals surface area contributed by atoms with Gasteiger partial charge in [0, 0.05) is 12.1 Å². The topological polar surface area (TPSA) is 59.0 Å². The van der Waals surface area contributed by atoms with Gasteiger partial charge in [-0.1, -0.05) is 0 Å². The van der Waals surface area contributed by atoms with Gasteiger partial charge in [0.25, 0.3) is 0 Å². The van der Waals surface area contributed by atoms with Crippen molar-refractivity contribution in [2.24, 2.45) is 0 Å². The Hall–Kier alpha value is -2.81. The van der Waals surface area contributed by atoms with E-state index in [9.17, 15) is 22.4 Å². The minimum Gasteiger partial charge on any atom is -0.489 e. The Balaban J connectivity index is 1.71. The highest BCUT2D eigenvalue weighted by Crippen LogP contribution is 2.32. The molecule has 1 fully saturated rings. The minimum atomic E-state index is -4.41. The van der Waals surface area contributed by atoms with Crippen LogP contribution in [0.5, 0.6) is 5.75 Å². The molecule has 0 unspecified atom stereocenters. The van der Waals surface area contributed by atoms with Crippen molar-refractivity contribution in [3.05, 3.63) is 59.7 Å². The third-order valence-corrected chi connectivity index (χ3v) is 4.84. The summed E-state index contributed by atoms with van der Waals surface area (Å²) in [6, 6.07) is 10.7. The molecule has 0 bridgehead atoms. The van der Waals surface area contributed by atoms with E-state index in [4.69, 9.17) is 14.6 Å². The van der Waals surface area contributed by atoms with Crippen molar-refractivity contribution >= 4 is 11.7 Å². The van der Waals surface area contributed by atoms with Crippen LogP contribution in [0.25, 0.3) is 0 Å². The molecule has 5 nitrogen and oxygen atoms in total. The van der Waals surface area contributed by atoms with E-state index < -0.39 is 24.4 Å². The molecule has 2 aromatic carbocycles. The first-order valence-corrected chi connectivity index (χ1v) is 9.35. The van der Waals surface area contributed by atoms with E-state index in [2.05, 4.69) is 0 Å². The zero-order valence-electron chi connectivity index (χ0n) is 15.9. The maximum atomic E-state index is 12.7. The van der Waals surface area contributed by atoms with E-state index in [1.165, 1.54) is 24.3 Å². The summed E-state index contributed by atoms with van der Waals surface area (Å²) in [6.45, 7) is 0.0345. The van der Waals surface area contributed by atoms with Crippen LogP contribution >= 0.6 is 0 Å². The second-order valence-electron chi connectivity index (χ2n) is 6.92. The van der Waals surface area contributed by atoms with Gasteiger partial charge in [0.15, 0.2) is 0 Å². The number of carbonyl (C=O) groups is 1. The third-order valence-electron chi connectivity index (χ3n) is 4.84. The van der Waals surface area contributed by atoms with Crippen LogP contribution in [-0.4, -0.2) is 49.7 Å². The van der Waals surface area contributed by atoms with Crippen LogP contribution in [0.2, 0.25) is 0 Å². The zero-order chi connectivity index (χ0) is 21.7. The number of carboxylic acids is 1. The summed E-state index contributed by atoms with van der Waals surface area (Å²) >= 11 is 0. The van der Waals surface area contributed by atoms with Gasteiger partial charge in [-0.25, -0.2) is 9.18 Å². The van der Waals surface area contributed by atoms with Gasteiger partial charge in [-0.3, -0.25) is 0 Å². The largest absolute Gasteiger partial charge is 0.489 e. The molecule has 0 saturated carbocycles. The summed E-state index contributed by atoms with van der Waals surface area (Å²) < 4.78 is 61.7. The fourth-order valence-corrected chi connectivity index (χ4v) is 3.42. The molecule has 1 heterocycles. The molecule has 3 rings (SSSR count). The molecule has 2 atom stereocenters. The lowest BCUT2D eigenvalue weighted by molar-refractivity contribution is -0.137. The SMILES string of the molecule is O=C(O)c1ccc(N2C[C@H](Oc3ccc(C(F)(F)F)cc3)C[C@H]2COCCF)cc1. The van der Waals surface area contributed by atoms with E-state index in [0.717, 1.165) is 17.8 Å². The molecule has 0 amide bonds. The number of aromatic carboxylic acids is 1. The lowest BCUT2D eigenvalue weighted by Gasteiger charge is -2.26. The second kappa shape index (κ2) is 9.34. The Bertz CT molecular complexity index is 840. The smallest absolute Gasteiger partial charge is 0.416 e. The van der Waals surface area contributed by atoms with Crippen LogP contribution in [0.4, 0.5) is 23.2 Å². The Morgan fingerprint density at radius 2 is 1.77 bits per heavy atom. The van der Waals surface area contributed by atoms with Crippen LogP contribution in [0, 0.1) is 0 Å². The standard InChI is InChI=1S/C21H21F4NO4/c22-9-10-29-13-17-11-19(30-18-7-3-15(4-8-18)21(23,24)25)12-26(17)16-5-1-14(2-6-16)20(27)28/h1-8,17,19H,9-13H2,(H,27,28)/t17-,19+/m0/s1. The molecule has 1 aliphatic rings. The normalized spacial score (nSPS) is 19.1. The molecule has 2 aromatic rings. The molecule has 0 radical (unpaired) electrons. The summed E-state index contributed by atoms with van der Waals surface area (Å²) in [5.74, 6) is -0.714. The van der Waals surface area contributed by atoms with Crippen LogP contribution < -0.4 is 9.64 Å². The van der Waals surface area contributed by atoms with Gasteiger partial charge >= 0.3 is 12.1 Å². The summed E-state index contributed by atoms with van der Waals surface area (Å²) in [7, 11) is 0. The maximum Gasteiger partial charge on any atom is 0.416 e. The molecular formula is C21H21F4NO4. The van der Waals surface area contributed by atoms with Crippen LogP contribution in [0.1, 0.15) is 22.3 Å². The number of anilines is 1. The van der Waals surface area contributed by atoms with Gasteiger partial charge in [-0.05, 0) is 48.5 Å². The number of halogens is 4. The van der Waals surface area contributed by atoms with Crippen LogP contribution in [0.15, 0.2) is 48.5 Å². The zero-order valence-corrected chi connectivity index (χ0v) is 15.9. The fourth-order valence-electron chi connectivity index (χ4n) is 3.42. The average molecular weight is 427 g/mol. The van der Waals surface area contributed by atoms with Gasteiger partial charge in [0.1, 0.15) is 18.5 Å². The highest BCUT2D eigenvalue weighted by molar-refractivity contribution is 5.88. The predicted molar refractivity (Wildman–Crippen MR) is 102 cm³/mol. The van der Waals surface area contributed by atoms with Crippen molar-refractivity contribution in [1.82, 2.24) is 0 Å². The van der Waals surface area contributed by atoms with E-state index in [1.807, 2.05) is 4.90 Å². The van der Waals surface area contributed by atoms with Gasteiger partial charge in [-0.15, -0.1) is 0 Å². The molecule has 0 aromatic heterocycles. The first-order chi connectivity index (χ1) is 14.3. The molecule has 1 saturated heterocycles. The molecular weight excluding hydrogens is 406 g/mol. The summed E-state index contributed by atoms with van der Waals surface area (Å²) in [5, 5.41) is 9.05. The highest BCUT2D eigenvalue weighted by atomic mass is 19.4. The monoisotopic (exact) mass is 427 g/mol. The van der Waals surface area contributed by atoms with Crippen LogP contribution in [0.3, 0.4) is 0 Å². The summed E-state index contributed by atoms with van der Waals surface area (Å²) in [6.07, 6.45) is -4.21. The fraction of sp³-hybridized carbons (Fsp3) is 0.381. The van der Waals surface area contributed by atoms with Crippen molar-refractivity contribution in [3.8, 4) is 5.75 Å². The Morgan fingerprint density at radius 3 is 2.33 bits per heavy atom. The molecule has 0 aliphatic carbocycles. The molecule has 162 valence electrons. The Labute approximate surface area is 170 Å². The number of nitrogens with zero attached hydrogens (tertiary/aromatic N) is 1. The third kappa shape index (κ3) is 5.41. The summed E-state index contributed by atoms with van der Waals surface area (Å²) in [4.78, 5) is 13.0. The Kier molecular flexibility index (Phi) is 6.81. The van der Waals surface area contributed by atoms with E-state index in [-0.39, 0.29) is 30.9 Å². The molecule has 30 heavy (non-hydrogen) atoms. The van der Waals surface area contributed by atoms with Gasteiger partial charge in [-0.2, -0.15) is 13.2 Å². The van der Waals surface area contributed by atoms with E-state index >= 15 is 0 Å². The minimum absolute atomic E-state index is 0.0350. The summed E-state index contributed by atoms with van der Waals surface area (Å²) in [5.41, 5.74) is 0.159. The number of alkyl halides is 4. The highest BCUT2D eigenvalue weighted by Gasteiger charge is 2.34. The molecule has 9 heteroatoms. The van der Waals surface area contributed by atoms with Crippen LogP contribution in [-0.2, 0) is 10.9 Å². The second-order valence-corrected chi connectivity index (χ2v) is 6.92. The lowest BCUT2D eigenvalue weighted by atomic mass is 10.1.